The second kappa shape index (κ2) is 6.11. The summed E-state index contributed by atoms with van der Waals surface area (Å²) >= 11 is 0. The zero-order valence-corrected chi connectivity index (χ0v) is 12.3. The molecule has 0 bridgehead atoms. The molecule has 0 spiro atoms. The van der Waals surface area contributed by atoms with E-state index in [0.717, 1.165) is 31.5 Å². The Kier molecular flexibility index (Phi) is 4.45. The lowest BCUT2D eigenvalue weighted by molar-refractivity contribution is -0.385. The molecule has 1 aliphatic heterocycles. The monoisotopic (exact) mass is 292 g/mol. The van der Waals surface area contributed by atoms with Crippen LogP contribution >= 0.6 is 0 Å². The Bertz CT molecular complexity index is 559. The first-order chi connectivity index (χ1) is 9.93. The van der Waals surface area contributed by atoms with Gasteiger partial charge in [0.25, 0.3) is 5.69 Å². The number of rotatable bonds is 4. The number of piperidine rings is 1. The van der Waals surface area contributed by atoms with Gasteiger partial charge in [0.2, 0.25) is 0 Å². The second-order valence-electron chi connectivity index (χ2n) is 5.65. The van der Waals surface area contributed by atoms with Gasteiger partial charge in [-0.05, 0) is 37.3 Å². The molecular formula is C15H20N2O4. The number of hydrogen-bond acceptors (Lipinski definition) is 4. The Morgan fingerprint density at radius 1 is 1.52 bits per heavy atom. The number of hydrogen-bond donors (Lipinski definition) is 1. The first-order valence-corrected chi connectivity index (χ1v) is 7.22. The Morgan fingerprint density at radius 2 is 2.24 bits per heavy atom. The van der Waals surface area contributed by atoms with Crippen molar-refractivity contribution in [3.8, 4) is 0 Å². The van der Waals surface area contributed by atoms with Crippen molar-refractivity contribution in [3.63, 3.8) is 0 Å². The highest BCUT2D eigenvalue weighted by Crippen LogP contribution is 2.32. The van der Waals surface area contributed by atoms with Gasteiger partial charge in [0.15, 0.2) is 0 Å². The van der Waals surface area contributed by atoms with Crippen molar-refractivity contribution in [2.75, 3.05) is 11.4 Å². The van der Waals surface area contributed by atoms with Crippen LogP contribution in [0.25, 0.3) is 0 Å². The van der Waals surface area contributed by atoms with Crippen molar-refractivity contribution in [3.05, 3.63) is 33.9 Å². The number of carboxylic acid groups (broad SMARTS) is 1. The number of carbonyl (C=O) groups is 1. The Hall–Kier alpha value is -2.11. The number of benzene rings is 1. The van der Waals surface area contributed by atoms with Crippen molar-refractivity contribution in [1.82, 2.24) is 0 Å². The number of nitrogens with zero attached hydrogens (tertiary/aromatic N) is 2. The average Bonchev–Trinajstić information content (AvgIpc) is 2.46. The highest BCUT2D eigenvalue weighted by molar-refractivity contribution is 5.93. The summed E-state index contributed by atoms with van der Waals surface area (Å²) in [6.45, 7) is 5.19. The third-order valence-electron chi connectivity index (χ3n) is 4.19. The molecule has 1 N–H and O–H groups in total. The normalized spacial score (nSPS) is 22.1. The second-order valence-corrected chi connectivity index (χ2v) is 5.65. The summed E-state index contributed by atoms with van der Waals surface area (Å²) in [5, 5.41) is 20.1. The smallest absolute Gasteiger partial charge is 0.342 e. The summed E-state index contributed by atoms with van der Waals surface area (Å²) in [6.07, 6.45) is 3.09. The molecule has 0 unspecified atom stereocenters. The van der Waals surface area contributed by atoms with E-state index in [1.165, 1.54) is 12.1 Å². The number of carboxylic acids is 1. The quantitative estimate of drug-likeness (QED) is 0.680. The van der Waals surface area contributed by atoms with E-state index in [-0.39, 0.29) is 11.3 Å². The van der Waals surface area contributed by atoms with Crippen LogP contribution in [-0.2, 0) is 0 Å². The van der Waals surface area contributed by atoms with Crippen LogP contribution in [0.4, 0.5) is 11.4 Å². The molecule has 6 nitrogen and oxygen atoms in total. The van der Waals surface area contributed by atoms with E-state index in [2.05, 4.69) is 18.7 Å². The van der Waals surface area contributed by atoms with Crippen molar-refractivity contribution in [2.24, 2.45) is 5.92 Å². The largest absolute Gasteiger partial charge is 0.477 e. The van der Waals surface area contributed by atoms with Gasteiger partial charge in [-0.15, -0.1) is 0 Å². The van der Waals surface area contributed by atoms with Gasteiger partial charge >= 0.3 is 5.97 Å². The minimum Gasteiger partial charge on any atom is -0.477 e. The minimum absolute atomic E-state index is 0.244. The number of aromatic carboxylic acids is 1. The van der Waals surface area contributed by atoms with Gasteiger partial charge in [0, 0.05) is 24.3 Å². The van der Waals surface area contributed by atoms with Gasteiger partial charge in [0.05, 0.1) is 4.92 Å². The Morgan fingerprint density at radius 3 is 2.81 bits per heavy atom. The third-order valence-corrected chi connectivity index (χ3v) is 4.19. The molecule has 1 saturated heterocycles. The first kappa shape index (κ1) is 15.3. The molecule has 1 aromatic carbocycles. The summed E-state index contributed by atoms with van der Waals surface area (Å²) in [6, 6.07) is 4.74. The molecule has 0 aliphatic carbocycles. The van der Waals surface area contributed by atoms with E-state index < -0.39 is 10.9 Å². The van der Waals surface area contributed by atoms with Gasteiger partial charge in [-0.2, -0.15) is 0 Å². The third kappa shape index (κ3) is 3.15. The zero-order valence-electron chi connectivity index (χ0n) is 12.3. The maximum absolute atomic E-state index is 11.2. The number of nitro benzene ring substituents is 1. The van der Waals surface area contributed by atoms with Crippen molar-refractivity contribution >= 4 is 17.3 Å². The molecule has 2 rings (SSSR count). The van der Waals surface area contributed by atoms with Gasteiger partial charge < -0.3 is 10.0 Å². The lowest BCUT2D eigenvalue weighted by atomic mass is 9.90. The highest BCUT2D eigenvalue weighted by Gasteiger charge is 2.27. The molecule has 0 radical (unpaired) electrons. The Labute approximate surface area is 123 Å². The van der Waals surface area contributed by atoms with E-state index in [4.69, 9.17) is 0 Å². The average molecular weight is 292 g/mol. The SMILES string of the molecule is CC[C@@H]1C[C@H](C)CCN1c1ccc([N+](=O)[O-])c(C(=O)O)c1. The van der Waals surface area contributed by atoms with E-state index >= 15 is 0 Å². The molecule has 21 heavy (non-hydrogen) atoms. The fourth-order valence-electron chi connectivity index (χ4n) is 3.01. The summed E-state index contributed by atoms with van der Waals surface area (Å²) in [7, 11) is 0. The standard InChI is InChI=1S/C15H20N2O4/c1-3-11-8-10(2)6-7-16(11)12-4-5-14(17(20)21)13(9-12)15(18)19/h4-5,9-11H,3,6-8H2,1-2H3,(H,18,19)/t10-,11-/m1/s1. The lowest BCUT2D eigenvalue weighted by Crippen LogP contribution is -2.41. The van der Waals surface area contributed by atoms with Crippen LogP contribution in [0.2, 0.25) is 0 Å². The van der Waals surface area contributed by atoms with Crippen LogP contribution in [0.3, 0.4) is 0 Å². The molecule has 1 aliphatic rings. The number of anilines is 1. The van der Waals surface area contributed by atoms with Crippen LogP contribution in [0.5, 0.6) is 0 Å². The fraction of sp³-hybridized carbons (Fsp3) is 0.533. The molecule has 1 aromatic rings. The van der Waals surface area contributed by atoms with Crippen LogP contribution in [0, 0.1) is 16.0 Å². The van der Waals surface area contributed by atoms with Crippen molar-refractivity contribution < 1.29 is 14.8 Å². The first-order valence-electron chi connectivity index (χ1n) is 7.22. The van der Waals surface area contributed by atoms with Crippen LogP contribution in [0.15, 0.2) is 18.2 Å². The zero-order chi connectivity index (χ0) is 15.6. The van der Waals surface area contributed by atoms with E-state index in [1.54, 1.807) is 6.07 Å². The van der Waals surface area contributed by atoms with Gasteiger partial charge in [-0.1, -0.05) is 13.8 Å². The van der Waals surface area contributed by atoms with E-state index in [0.29, 0.717) is 12.0 Å². The molecular weight excluding hydrogens is 272 g/mol. The molecule has 0 saturated carbocycles. The van der Waals surface area contributed by atoms with Gasteiger partial charge in [-0.25, -0.2) is 4.79 Å². The Balaban J connectivity index is 2.38. The lowest BCUT2D eigenvalue weighted by Gasteiger charge is -2.40. The number of nitro groups is 1. The predicted molar refractivity (Wildman–Crippen MR) is 79.9 cm³/mol. The summed E-state index contributed by atoms with van der Waals surface area (Å²) in [5.41, 5.74) is 0.160. The van der Waals surface area contributed by atoms with E-state index in [1.807, 2.05) is 0 Å². The predicted octanol–water partition coefficient (Wildman–Crippen LogP) is 3.31. The van der Waals surface area contributed by atoms with Crippen LogP contribution in [-0.4, -0.2) is 28.6 Å². The van der Waals surface area contributed by atoms with Crippen LogP contribution in [0.1, 0.15) is 43.5 Å². The summed E-state index contributed by atoms with van der Waals surface area (Å²) in [4.78, 5) is 23.7. The molecule has 2 atom stereocenters. The molecule has 114 valence electrons. The highest BCUT2D eigenvalue weighted by atomic mass is 16.6. The summed E-state index contributed by atoms with van der Waals surface area (Å²) in [5.74, 6) is -0.606. The fourth-order valence-corrected chi connectivity index (χ4v) is 3.01. The molecule has 0 aromatic heterocycles. The summed E-state index contributed by atoms with van der Waals surface area (Å²) < 4.78 is 0. The van der Waals surface area contributed by atoms with Crippen molar-refractivity contribution in [2.45, 2.75) is 39.2 Å². The molecule has 0 amide bonds. The van der Waals surface area contributed by atoms with Crippen molar-refractivity contribution in [1.29, 1.82) is 0 Å². The molecule has 6 heteroatoms. The van der Waals surface area contributed by atoms with Gasteiger partial charge in [-0.3, -0.25) is 10.1 Å². The van der Waals surface area contributed by atoms with E-state index in [9.17, 15) is 20.0 Å². The molecule has 1 fully saturated rings. The maximum atomic E-state index is 11.2. The van der Waals surface area contributed by atoms with Crippen LogP contribution < -0.4 is 4.90 Å². The molecule has 1 heterocycles. The topological polar surface area (TPSA) is 83.7 Å². The maximum Gasteiger partial charge on any atom is 0.342 e. The van der Waals surface area contributed by atoms with Gasteiger partial charge in [0.1, 0.15) is 5.56 Å². The minimum atomic E-state index is -1.26.